The molecule has 6 nitrogen and oxygen atoms in total. The van der Waals surface area contributed by atoms with Crippen molar-refractivity contribution in [2.24, 2.45) is 0 Å². The molecule has 27 heavy (non-hydrogen) atoms. The Balaban J connectivity index is 1.58. The van der Waals surface area contributed by atoms with Crippen LogP contribution in [0.25, 0.3) is 0 Å². The molecule has 7 heteroatoms. The van der Waals surface area contributed by atoms with Crippen LogP contribution in [-0.4, -0.2) is 48.2 Å². The molecule has 0 bridgehead atoms. The molecule has 2 heterocycles. The molecule has 140 valence electrons. The zero-order valence-corrected chi connectivity index (χ0v) is 14.8. The molecule has 0 atom stereocenters. The Morgan fingerprint density at radius 3 is 2.44 bits per heavy atom. The molecule has 0 unspecified atom stereocenters. The Labute approximate surface area is 156 Å². The summed E-state index contributed by atoms with van der Waals surface area (Å²) in [5.41, 5.74) is 3.54. The number of amides is 2. The lowest BCUT2D eigenvalue weighted by Gasteiger charge is -2.35. The second kappa shape index (κ2) is 6.90. The summed E-state index contributed by atoms with van der Waals surface area (Å²) in [6.07, 6.45) is -0.593. The van der Waals surface area contributed by atoms with Crippen LogP contribution in [0.5, 0.6) is 0 Å². The fourth-order valence-electron chi connectivity index (χ4n) is 3.80. The standard InChI is InChI=1S/C20H20FN3O3/c21-15-4-1-3-14(11-15)13-24-18-6-2-5-17(16(18)12-19(24)25)22-7-9-23(10-8-22)20(26)27/h1-6,11H,7-10,12-13H2,(H,26,27). The summed E-state index contributed by atoms with van der Waals surface area (Å²) >= 11 is 0. The molecule has 0 spiro atoms. The summed E-state index contributed by atoms with van der Waals surface area (Å²) in [5, 5.41) is 9.11. The monoisotopic (exact) mass is 369 g/mol. The molecule has 2 aromatic carbocycles. The van der Waals surface area contributed by atoms with E-state index in [1.54, 1.807) is 11.0 Å². The Hall–Kier alpha value is -3.09. The lowest BCUT2D eigenvalue weighted by Crippen LogP contribution is -2.48. The van der Waals surface area contributed by atoms with Gasteiger partial charge in [-0.25, -0.2) is 9.18 Å². The van der Waals surface area contributed by atoms with Crippen molar-refractivity contribution in [1.82, 2.24) is 4.90 Å². The van der Waals surface area contributed by atoms with Crippen molar-refractivity contribution in [3.63, 3.8) is 0 Å². The average Bonchev–Trinajstić information content (AvgIpc) is 2.97. The highest BCUT2D eigenvalue weighted by molar-refractivity contribution is 6.03. The molecule has 0 aromatic heterocycles. The van der Waals surface area contributed by atoms with E-state index in [9.17, 15) is 14.0 Å². The Kier molecular flexibility index (Phi) is 4.43. The zero-order valence-electron chi connectivity index (χ0n) is 14.8. The molecule has 2 aliphatic heterocycles. The Bertz CT molecular complexity index is 894. The van der Waals surface area contributed by atoms with Gasteiger partial charge in [0, 0.05) is 43.1 Å². The van der Waals surface area contributed by atoms with Crippen molar-refractivity contribution in [2.75, 3.05) is 36.0 Å². The number of piperazine rings is 1. The van der Waals surface area contributed by atoms with Crippen molar-refractivity contribution in [1.29, 1.82) is 0 Å². The van der Waals surface area contributed by atoms with Gasteiger partial charge in [-0.2, -0.15) is 0 Å². The SMILES string of the molecule is O=C(O)N1CCN(c2cccc3c2CC(=O)N3Cc2cccc(F)c2)CC1. The van der Waals surface area contributed by atoms with Gasteiger partial charge in [-0.15, -0.1) is 0 Å². The van der Waals surface area contributed by atoms with Gasteiger partial charge in [0.05, 0.1) is 13.0 Å². The molecular formula is C20H20FN3O3. The van der Waals surface area contributed by atoms with E-state index in [1.165, 1.54) is 17.0 Å². The number of benzene rings is 2. The molecule has 0 saturated carbocycles. The molecule has 2 aliphatic rings. The van der Waals surface area contributed by atoms with Crippen LogP contribution in [0.4, 0.5) is 20.6 Å². The van der Waals surface area contributed by atoms with Crippen LogP contribution < -0.4 is 9.80 Å². The van der Waals surface area contributed by atoms with Gasteiger partial charge in [0.25, 0.3) is 0 Å². The molecule has 2 aromatic rings. The summed E-state index contributed by atoms with van der Waals surface area (Å²) in [7, 11) is 0. The molecule has 1 saturated heterocycles. The molecule has 1 fully saturated rings. The number of nitrogens with zero attached hydrogens (tertiary/aromatic N) is 3. The van der Waals surface area contributed by atoms with Crippen LogP contribution in [-0.2, 0) is 17.8 Å². The minimum absolute atomic E-state index is 0.00844. The molecule has 0 aliphatic carbocycles. The summed E-state index contributed by atoms with van der Waals surface area (Å²) in [6, 6.07) is 12.1. The molecule has 4 rings (SSSR count). The van der Waals surface area contributed by atoms with Crippen molar-refractivity contribution < 1.29 is 19.1 Å². The largest absolute Gasteiger partial charge is 0.465 e. The number of hydrogen-bond acceptors (Lipinski definition) is 3. The predicted octanol–water partition coefficient (Wildman–Crippen LogP) is 2.72. The van der Waals surface area contributed by atoms with Gasteiger partial charge in [0.1, 0.15) is 5.82 Å². The first-order valence-corrected chi connectivity index (χ1v) is 8.92. The first kappa shape index (κ1) is 17.3. The number of fused-ring (bicyclic) bond motifs is 1. The topological polar surface area (TPSA) is 64.1 Å². The van der Waals surface area contributed by atoms with E-state index in [4.69, 9.17) is 5.11 Å². The number of carbonyl (C=O) groups excluding carboxylic acids is 1. The van der Waals surface area contributed by atoms with Gasteiger partial charge in [-0.1, -0.05) is 18.2 Å². The van der Waals surface area contributed by atoms with Crippen LogP contribution in [0.3, 0.4) is 0 Å². The van der Waals surface area contributed by atoms with E-state index < -0.39 is 6.09 Å². The lowest BCUT2D eigenvalue weighted by atomic mass is 10.1. The van der Waals surface area contributed by atoms with Crippen molar-refractivity contribution in [3.8, 4) is 0 Å². The van der Waals surface area contributed by atoms with Gasteiger partial charge < -0.3 is 19.8 Å². The van der Waals surface area contributed by atoms with Crippen LogP contribution >= 0.6 is 0 Å². The highest BCUT2D eigenvalue weighted by atomic mass is 19.1. The van der Waals surface area contributed by atoms with E-state index in [0.29, 0.717) is 39.1 Å². The molecule has 2 amide bonds. The quantitative estimate of drug-likeness (QED) is 0.904. The molecule has 0 radical (unpaired) electrons. The maximum atomic E-state index is 13.5. The van der Waals surface area contributed by atoms with Gasteiger partial charge in [-0.3, -0.25) is 4.79 Å². The second-order valence-electron chi connectivity index (χ2n) is 6.82. The van der Waals surface area contributed by atoms with Crippen molar-refractivity contribution in [2.45, 2.75) is 13.0 Å². The van der Waals surface area contributed by atoms with E-state index >= 15 is 0 Å². The third-order valence-electron chi connectivity index (χ3n) is 5.17. The van der Waals surface area contributed by atoms with Crippen molar-refractivity contribution >= 4 is 23.4 Å². The Morgan fingerprint density at radius 2 is 1.74 bits per heavy atom. The van der Waals surface area contributed by atoms with Gasteiger partial charge in [0.2, 0.25) is 5.91 Å². The maximum Gasteiger partial charge on any atom is 0.407 e. The smallest absolute Gasteiger partial charge is 0.407 e. The number of hydrogen-bond donors (Lipinski definition) is 1. The first-order chi connectivity index (χ1) is 13.0. The third-order valence-corrected chi connectivity index (χ3v) is 5.17. The minimum Gasteiger partial charge on any atom is -0.465 e. The molecular weight excluding hydrogens is 349 g/mol. The highest BCUT2D eigenvalue weighted by Crippen LogP contribution is 2.37. The summed E-state index contributed by atoms with van der Waals surface area (Å²) in [4.78, 5) is 29.0. The zero-order chi connectivity index (χ0) is 19.0. The number of anilines is 2. The van der Waals surface area contributed by atoms with Crippen LogP contribution in [0.2, 0.25) is 0 Å². The summed E-state index contributed by atoms with van der Waals surface area (Å²) < 4.78 is 13.5. The van der Waals surface area contributed by atoms with E-state index in [2.05, 4.69) is 4.90 Å². The number of rotatable bonds is 3. The van der Waals surface area contributed by atoms with E-state index in [1.807, 2.05) is 24.3 Å². The van der Waals surface area contributed by atoms with E-state index in [0.717, 1.165) is 22.5 Å². The normalized spacial score (nSPS) is 16.6. The lowest BCUT2D eigenvalue weighted by molar-refractivity contribution is -0.117. The summed E-state index contributed by atoms with van der Waals surface area (Å²) in [5.74, 6) is -0.324. The first-order valence-electron chi connectivity index (χ1n) is 8.92. The van der Waals surface area contributed by atoms with Gasteiger partial charge in [0.15, 0.2) is 0 Å². The fourth-order valence-corrected chi connectivity index (χ4v) is 3.80. The predicted molar refractivity (Wildman–Crippen MR) is 99.5 cm³/mol. The summed E-state index contributed by atoms with van der Waals surface area (Å²) in [6.45, 7) is 2.42. The number of carboxylic acid groups (broad SMARTS) is 1. The van der Waals surface area contributed by atoms with Crippen molar-refractivity contribution in [3.05, 3.63) is 59.4 Å². The second-order valence-corrected chi connectivity index (χ2v) is 6.82. The minimum atomic E-state index is -0.899. The highest BCUT2D eigenvalue weighted by Gasteiger charge is 2.31. The van der Waals surface area contributed by atoms with Gasteiger partial charge >= 0.3 is 6.09 Å². The number of carbonyl (C=O) groups is 2. The maximum absolute atomic E-state index is 13.5. The number of halogens is 1. The third kappa shape index (κ3) is 3.32. The van der Waals surface area contributed by atoms with E-state index in [-0.39, 0.29) is 11.7 Å². The van der Waals surface area contributed by atoms with Crippen LogP contribution in [0.15, 0.2) is 42.5 Å². The van der Waals surface area contributed by atoms with Crippen LogP contribution in [0.1, 0.15) is 11.1 Å². The molecule has 1 N–H and O–H groups in total. The fraction of sp³-hybridized carbons (Fsp3) is 0.300. The Morgan fingerprint density at radius 1 is 1.04 bits per heavy atom. The average molecular weight is 369 g/mol. The van der Waals surface area contributed by atoms with Gasteiger partial charge in [-0.05, 0) is 29.8 Å². The van der Waals surface area contributed by atoms with Crippen LogP contribution in [0, 0.1) is 5.82 Å².